The number of aromatic hydroxyl groups is 1. The van der Waals surface area contributed by atoms with Crippen molar-refractivity contribution < 1.29 is 35.6 Å². The summed E-state index contributed by atoms with van der Waals surface area (Å²) in [6.45, 7) is 0. The second-order valence-electron chi connectivity index (χ2n) is 5.86. The Kier molecular flexibility index (Phi) is 5.98. The lowest BCUT2D eigenvalue weighted by Gasteiger charge is -2.09. The van der Waals surface area contributed by atoms with Crippen LogP contribution in [0.4, 0.5) is 17.1 Å². The molecule has 2 atom stereocenters. The third-order valence-corrected chi connectivity index (χ3v) is 6.18. The normalized spacial score (nSPS) is 14.2. The minimum absolute atomic E-state index is 0.154. The summed E-state index contributed by atoms with van der Waals surface area (Å²) in [4.78, 5) is -1.23. The van der Waals surface area contributed by atoms with E-state index in [-0.39, 0.29) is 31.9 Å². The molecule has 0 aromatic heterocycles. The molecule has 3 aromatic rings. The molecular weight excluding hydrogens is 458 g/mol. The van der Waals surface area contributed by atoms with Gasteiger partial charge in [0.05, 0.1) is 9.79 Å². The predicted octanol–water partition coefficient (Wildman–Crippen LogP) is 2.95. The Hall–Kier alpha value is -2.75. The van der Waals surface area contributed by atoms with Gasteiger partial charge in [-0.1, -0.05) is 0 Å². The Morgan fingerprint density at radius 3 is 2.23 bits per heavy atom. The molecule has 3 aromatic carbocycles. The number of nitrogens with two attached hydrogens (primary N) is 1. The topological polar surface area (TPSA) is 200 Å². The predicted molar refractivity (Wildman–Crippen MR) is 109 cm³/mol. The number of phenols is 1. The molecule has 0 saturated carbocycles. The highest BCUT2D eigenvalue weighted by molar-refractivity contribution is 7.86. The zero-order valence-electron chi connectivity index (χ0n) is 14.7. The van der Waals surface area contributed by atoms with Gasteiger partial charge in [-0.05, 0) is 47.9 Å². The lowest BCUT2D eigenvalue weighted by molar-refractivity contribution is 0.472. The van der Waals surface area contributed by atoms with Crippen molar-refractivity contribution in [1.82, 2.24) is 0 Å². The fourth-order valence-corrected chi connectivity index (χ4v) is 4.12. The van der Waals surface area contributed by atoms with Gasteiger partial charge in [0.1, 0.15) is 16.3 Å². The maximum Gasteiger partial charge on any atom is 0.296 e. The SMILES string of the molecule is Nc1ccc2c(O)c(N=Nc3cc(S(=O)O)ccc3S(=O)O)c(S(=O)(=O)O)cc2c1. The van der Waals surface area contributed by atoms with E-state index in [9.17, 15) is 35.6 Å². The number of hydrogen-bond donors (Lipinski definition) is 5. The number of azo groups is 1. The number of phenolic OH excluding ortho intramolecular Hbond substituents is 1. The van der Waals surface area contributed by atoms with Crippen LogP contribution in [0.1, 0.15) is 0 Å². The first-order valence-corrected chi connectivity index (χ1v) is 11.4. The smallest absolute Gasteiger partial charge is 0.296 e. The molecule has 11 nitrogen and oxygen atoms in total. The molecule has 14 heteroatoms. The zero-order valence-corrected chi connectivity index (χ0v) is 17.1. The van der Waals surface area contributed by atoms with E-state index >= 15 is 0 Å². The molecule has 0 amide bonds. The van der Waals surface area contributed by atoms with Gasteiger partial charge in [0.25, 0.3) is 10.1 Å². The third kappa shape index (κ3) is 4.38. The Morgan fingerprint density at radius 2 is 1.63 bits per heavy atom. The first-order chi connectivity index (χ1) is 14.0. The molecule has 2 unspecified atom stereocenters. The van der Waals surface area contributed by atoms with E-state index in [1.807, 2.05) is 0 Å². The fraction of sp³-hybridized carbons (Fsp3) is 0. The molecule has 0 spiro atoms. The highest BCUT2D eigenvalue weighted by Gasteiger charge is 2.22. The fourth-order valence-electron chi connectivity index (χ4n) is 2.60. The summed E-state index contributed by atoms with van der Waals surface area (Å²) in [6.07, 6.45) is 0. The van der Waals surface area contributed by atoms with Crippen LogP contribution in [0.2, 0.25) is 0 Å². The van der Waals surface area contributed by atoms with Crippen molar-refractivity contribution in [2.45, 2.75) is 14.7 Å². The molecule has 6 N–H and O–H groups in total. The molecule has 0 heterocycles. The van der Waals surface area contributed by atoms with E-state index in [0.29, 0.717) is 0 Å². The molecule has 158 valence electrons. The zero-order chi connectivity index (χ0) is 22.2. The van der Waals surface area contributed by atoms with E-state index in [0.717, 1.165) is 24.3 Å². The molecule has 0 saturated heterocycles. The summed E-state index contributed by atoms with van der Waals surface area (Å²) in [5, 5.41) is 18.2. The van der Waals surface area contributed by atoms with Gasteiger partial charge in [0, 0.05) is 11.1 Å². The van der Waals surface area contributed by atoms with Gasteiger partial charge in [-0.3, -0.25) is 4.55 Å². The molecule has 30 heavy (non-hydrogen) atoms. The summed E-state index contributed by atoms with van der Waals surface area (Å²) in [6, 6.07) is 8.44. The van der Waals surface area contributed by atoms with Crippen LogP contribution in [0.15, 0.2) is 67.4 Å². The number of hydrogen-bond acceptors (Lipinski definition) is 8. The van der Waals surface area contributed by atoms with Crippen molar-refractivity contribution in [1.29, 1.82) is 0 Å². The largest absolute Gasteiger partial charge is 0.505 e. The summed E-state index contributed by atoms with van der Waals surface area (Å²) in [7, 11) is -4.87. The summed E-state index contributed by atoms with van der Waals surface area (Å²) >= 11 is -4.98. The summed E-state index contributed by atoms with van der Waals surface area (Å²) in [5.74, 6) is -0.641. The van der Waals surface area contributed by atoms with E-state index in [1.54, 1.807) is 0 Å². The quantitative estimate of drug-likeness (QED) is 0.160. The third-order valence-electron chi connectivity index (χ3n) is 3.93. The monoisotopic (exact) mass is 471 g/mol. The lowest BCUT2D eigenvalue weighted by atomic mass is 10.1. The number of rotatable bonds is 5. The van der Waals surface area contributed by atoms with E-state index in [4.69, 9.17) is 5.73 Å². The van der Waals surface area contributed by atoms with Gasteiger partial charge in [-0.15, -0.1) is 10.2 Å². The average molecular weight is 471 g/mol. The van der Waals surface area contributed by atoms with Crippen LogP contribution in [0.5, 0.6) is 5.75 Å². The first kappa shape index (κ1) is 21.9. The van der Waals surface area contributed by atoms with Gasteiger partial charge in [-0.25, -0.2) is 8.42 Å². The Bertz CT molecular complexity index is 1360. The lowest BCUT2D eigenvalue weighted by Crippen LogP contribution is -1.99. The van der Waals surface area contributed by atoms with E-state index < -0.39 is 48.6 Å². The Morgan fingerprint density at radius 1 is 0.933 bits per heavy atom. The minimum atomic E-state index is -4.87. The van der Waals surface area contributed by atoms with Crippen LogP contribution in [-0.4, -0.2) is 35.6 Å². The average Bonchev–Trinajstić information content (AvgIpc) is 2.65. The summed E-state index contributed by atoms with van der Waals surface area (Å²) < 4.78 is 74.5. The number of benzene rings is 3. The molecule has 0 aliphatic carbocycles. The van der Waals surface area contributed by atoms with Gasteiger partial charge >= 0.3 is 0 Å². The van der Waals surface area contributed by atoms with Gasteiger partial charge in [0.15, 0.2) is 27.9 Å². The maximum atomic E-state index is 11.8. The summed E-state index contributed by atoms with van der Waals surface area (Å²) in [5.41, 5.74) is 4.97. The highest BCUT2D eigenvalue weighted by atomic mass is 32.2. The van der Waals surface area contributed by atoms with Gasteiger partial charge in [-0.2, -0.15) is 8.42 Å². The second kappa shape index (κ2) is 8.17. The molecule has 0 aliphatic heterocycles. The Balaban J connectivity index is 2.28. The van der Waals surface area contributed by atoms with Crippen LogP contribution in [0.3, 0.4) is 0 Å². The van der Waals surface area contributed by atoms with Crippen molar-refractivity contribution in [2.75, 3.05) is 5.73 Å². The minimum Gasteiger partial charge on any atom is -0.505 e. The standard InChI is InChI=1S/C16H13N3O8S3/c17-9-1-3-11-8(5-9)6-14(30(25,26)27)15(16(11)20)19-18-12-7-10(28(21)22)2-4-13(12)29(23)24/h1-7,20H,17H2,(H,21,22)(H,23,24)(H,25,26,27). The van der Waals surface area contributed by atoms with Crippen molar-refractivity contribution >= 4 is 60.1 Å². The van der Waals surface area contributed by atoms with Crippen LogP contribution in [-0.2, 0) is 32.3 Å². The second-order valence-corrected chi connectivity index (χ2v) is 9.15. The molecule has 0 bridgehead atoms. The van der Waals surface area contributed by atoms with Gasteiger partial charge < -0.3 is 19.9 Å². The molecule has 0 radical (unpaired) electrons. The van der Waals surface area contributed by atoms with E-state index in [1.165, 1.54) is 18.2 Å². The van der Waals surface area contributed by atoms with Gasteiger partial charge in [0.2, 0.25) is 0 Å². The number of anilines is 1. The number of nitrogens with zero attached hydrogens (tertiary/aromatic N) is 2. The number of fused-ring (bicyclic) bond motifs is 1. The van der Waals surface area contributed by atoms with Crippen molar-refractivity contribution in [2.24, 2.45) is 10.2 Å². The van der Waals surface area contributed by atoms with Crippen LogP contribution < -0.4 is 5.73 Å². The van der Waals surface area contributed by atoms with Crippen LogP contribution in [0.25, 0.3) is 10.8 Å². The van der Waals surface area contributed by atoms with Crippen molar-refractivity contribution in [3.05, 3.63) is 42.5 Å². The molecular formula is C16H13N3O8S3. The Labute approximate surface area is 174 Å². The van der Waals surface area contributed by atoms with Crippen LogP contribution >= 0.6 is 0 Å². The maximum absolute atomic E-state index is 11.8. The van der Waals surface area contributed by atoms with E-state index in [2.05, 4.69) is 10.2 Å². The molecule has 3 rings (SSSR count). The molecule has 0 fully saturated rings. The molecule has 0 aliphatic rings. The first-order valence-electron chi connectivity index (χ1n) is 7.79. The number of nitrogen functional groups attached to an aromatic ring is 1. The van der Waals surface area contributed by atoms with Crippen molar-refractivity contribution in [3.63, 3.8) is 0 Å². The highest BCUT2D eigenvalue weighted by Crippen LogP contribution is 2.42. The van der Waals surface area contributed by atoms with Crippen LogP contribution in [0, 0.1) is 0 Å². The van der Waals surface area contributed by atoms with Crippen molar-refractivity contribution in [3.8, 4) is 5.75 Å².